The van der Waals surface area contributed by atoms with Crippen molar-refractivity contribution in [2.75, 3.05) is 5.32 Å². The number of benzene rings is 1. The minimum atomic E-state index is -0.593. The number of hydrogen-bond donors (Lipinski definition) is 1. The van der Waals surface area contributed by atoms with Crippen molar-refractivity contribution in [3.63, 3.8) is 0 Å². The SMILES string of the molecule is Cc1cc([N+](=O)[O-])n(CC(=O)Nc2cnn(Cc3cccc(F)c3)c2)n1. The molecule has 1 aromatic carbocycles. The summed E-state index contributed by atoms with van der Waals surface area (Å²) in [5, 5.41) is 21.6. The van der Waals surface area contributed by atoms with Crippen molar-refractivity contribution in [1.29, 1.82) is 0 Å². The summed E-state index contributed by atoms with van der Waals surface area (Å²) in [6.07, 6.45) is 3.03. The summed E-state index contributed by atoms with van der Waals surface area (Å²) in [6, 6.07) is 7.43. The van der Waals surface area contributed by atoms with E-state index >= 15 is 0 Å². The molecule has 10 heteroatoms. The van der Waals surface area contributed by atoms with E-state index in [1.807, 2.05) is 0 Å². The molecule has 0 atom stereocenters. The highest BCUT2D eigenvalue weighted by Crippen LogP contribution is 2.14. The van der Waals surface area contributed by atoms with Crippen LogP contribution < -0.4 is 5.32 Å². The number of nitrogens with one attached hydrogen (secondary N) is 1. The van der Waals surface area contributed by atoms with Crippen molar-refractivity contribution in [3.05, 3.63) is 69.9 Å². The third-order valence-corrected chi connectivity index (χ3v) is 3.51. The zero-order chi connectivity index (χ0) is 18.7. The van der Waals surface area contributed by atoms with Crippen LogP contribution in [0.1, 0.15) is 11.3 Å². The molecule has 2 heterocycles. The Kier molecular flexibility index (Phi) is 4.74. The maximum atomic E-state index is 13.2. The molecule has 0 bridgehead atoms. The number of amides is 1. The van der Waals surface area contributed by atoms with Crippen LogP contribution >= 0.6 is 0 Å². The maximum Gasteiger partial charge on any atom is 0.345 e. The molecular weight excluding hydrogens is 343 g/mol. The van der Waals surface area contributed by atoms with E-state index in [9.17, 15) is 19.3 Å². The Balaban J connectivity index is 1.64. The van der Waals surface area contributed by atoms with E-state index in [0.29, 0.717) is 17.9 Å². The van der Waals surface area contributed by atoms with E-state index in [2.05, 4.69) is 15.5 Å². The molecule has 3 aromatic rings. The van der Waals surface area contributed by atoms with Crippen LogP contribution in [0.3, 0.4) is 0 Å². The Bertz CT molecular complexity index is 965. The van der Waals surface area contributed by atoms with Gasteiger partial charge in [-0.2, -0.15) is 5.10 Å². The van der Waals surface area contributed by atoms with Crippen molar-refractivity contribution in [3.8, 4) is 0 Å². The lowest BCUT2D eigenvalue weighted by molar-refractivity contribution is -0.392. The Morgan fingerprint density at radius 3 is 2.92 bits per heavy atom. The summed E-state index contributed by atoms with van der Waals surface area (Å²) >= 11 is 0. The molecule has 0 radical (unpaired) electrons. The number of anilines is 1. The smallest absolute Gasteiger partial charge is 0.345 e. The van der Waals surface area contributed by atoms with Gasteiger partial charge in [-0.3, -0.25) is 9.48 Å². The van der Waals surface area contributed by atoms with Gasteiger partial charge in [0.25, 0.3) is 5.91 Å². The first-order chi connectivity index (χ1) is 12.4. The first-order valence-electron chi connectivity index (χ1n) is 7.66. The molecule has 1 N–H and O–H groups in total. The third-order valence-electron chi connectivity index (χ3n) is 3.51. The predicted octanol–water partition coefficient (Wildman–Crippen LogP) is 2.12. The zero-order valence-corrected chi connectivity index (χ0v) is 13.8. The van der Waals surface area contributed by atoms with Crippen molar-refractivity contribution in [2.45, 2.75) is 20.0 Å². The number of nitro groups is 1. The highest BCUT2D eigenvalue weighted by atomic mass is 19.1. The van der Waals surface area contributed by atoms with Gasteiger partial charge in [-0.15, -0.1) is 4.68 Å². The van der Waals surface area contributed by atoms with Crippen LogP contribution in [-0.4, -0.2) is 30.4 Å². The molecular formula is C16H15FN6O3. The average molecular weight is 358 g/mol. The Morgan fingerprint density at radius 2 is 2.19 bits per heavy atom. The minimum absolute atomic E-state index is 0.251. The number of aromatic nitrogens is 4. The van der Waals surface area contributed by atoms with Crippen molar-refractivity contribution >= 4 is 17.4 Å². The van der Waals surface area contributed by atoms with Gasteiger partial charge in [0.05, 0.1) is 30.2 Å². The lowest BCUT2D eigenvalue weighted by Gasteiger charge is -2.02. The fraction of sp³-hybridized carbons (Fsp3) is 0.188. The molecule has 0 saturated carbocycles. The summed E-state index contributed by atoms with van der Waals surface area (Å²) in [6.45, 7) is 1.66. The van der Waals surface area contributed by atoms with Crippen LogP contribution in [0.2, 0.25) is 0 Å². The molecule has 0 aliphatic heterocycles. The summed E-state index contributed by atoms with van der Waals surface area (Å²) in [5.41, 5.74) is 1.61. The fourth-order valence-electron chi connectivity index (χ4n) is 2.47. The number of aryl methyl sites for hydroxylation is 1. The summed E-state index contributed by atoms with van der Waals surface area (Å²) < 4.78 is 15.8. The van der Waals surface area contributed by atoms with Gasteiger partial charge in [-0.1, -0.05) is 17.2 Å². The van der Waals surface area contributed by atoms with Gasteiger partial charge < -0.3 is 15.4 Å². The Labute approximate surface area is 147 Å². The molecule has 0 aliphatic carbocycles. The van der Waals surface area contributed by atoms with Crippen LogP contribution in [0.5, 0.6) is 0 Å². The standard InChI is InChI=1S/C16H15FN6O3/c1-11-5-16(23(25)26)22(20-11)10-15(24)19-14-7-18-21(9-14)8-12-3-2-4-13(17)6-12/h2-7,9H,8,10H2,1H3,(H,19,24). The van der Waals surface area contributed by atoms with Gasteiger partial charge in [-0.05, 0) is 29.5 Å². The van der Waals surface area contributed by atoms with Gasteiger partial charge in [0.2, 0.25) is 0 Å². The van der Waals surface area contributed by atoms with Gasteiger partial charge in [0, 0.05) is 6.20 Å². The second-order valence-corrected chi connectivity index (χ2v) is 5.66. The van der Waals surface area contributed by atoms with E-state index < -0.39 is 10.8 Å². The maximum absolute atomic E-state index is 13.2. The van der Waals surface area contributed by atoms with Crippen molar-refractivity contribution in [2.24, 2.45) is 0 Å². The number of rotatable bonds is 6. The first-order valence-corrected chi connectivity index (χ1v) is 7.66. The zero-order valence-electron chi connectivity index (χ0n) is 13.8. The number of carbonyl (C=O) groups excluding carboxylic acids is 1. The van der Waals surface area contributed by atoms with Gasteiger partial charge in [0.15, 0.2) is 6.54 Å². The fourth-order valence-corrected chi connectivity index (χ4v) is 2.47. The first kappa shape index (κ1) is 17.3. The van der Waals surface area contributed by atoms with Crippen LogP contribution in [0, 0.1) is 22.9 Å². The Hall–Kier alpha value is -3.56. The number of halogens is 1. The largest absolute Gasteiger partial charge is 0.358 e. The van der Waals surface area contributed by atoms with Crippen molar-refractivity contribution < 1.29 is 14.1 Å². The molecule has 0 spiro atoms. The van der Waals surface area contributed by atoms with E-state index in [1.165, 1.54) is 24.4 Å². The van der Waals surface area contributed by atoms with Gasteiger partial charge in [0.1, 0.15) is 5.82 Å². The average Bonchev–Trinajstić information content (AvgIpc) is 3.13. The monoisotopic (exact) mass is 358 g/mol. The summed E-state index contributed by atoms with van der Waals surface area (Å²) in [4.78, 5) is 22.5. The number of carbonyl (C=O) groups is 1. The molecule has 0 fully saturated rings. The predicted molar refractivity (Wildman–Crippen MR) is 90.0 cm³/mol. The normalized spacial score (nSPS) is 10.7. The highest BCUT2D eigenvalue weighted by molar-refractivity contribution is 5.90. The van der Waals surface area contributed by atoms with Gasteiger partial charge >= 0.3 is 5.82 Å². The second-order valence-electron chi connectivity index (χ2n) is 5.66. The minimum Gasteiger partial charge on any atom is -0.358 e. The number of hydrogen-bond acceptors (Lipinski definition) is 5. The van der Waals surface area contributed by atoms with Crippen LogP contribution in [0.4, 0.5) is 15.9 Å². The third kappa shape index (κ3) is 4.09. The van der Waals surface area contributed by atoms with Crippen LogP contribution in [0.15, 0.2) is 42.7 Å². The van der Waals surface area contributed by atoms with Crippen LogP contribution in [0.25, 0.3) is 0 Å². The molecule has 3 rings (SSSR count). The second kappa shape index (κ2) is 7.13. The molecule has 0 aliphatic rings. The van der Waals surface area contributed by atoms with E-state index in [0.717, 1.165) is 10.2 Å². The number of nitrogens with zero attached hydrogens (tertiary/aromatic N) is 5. The van der Waals surface area contributed by atoms with Crippen LogP contribution in [-0.2, 0) is 17.9 Å². The molecule has 26 heavy (non-hydrogen) atoms. The van der Waals surface area contributed by atoms with Gasteiger partial charge in [-0.25, -0.2) is 4.39 Å². The molecule has 9 nitrogen and oxygen atoms in total. The molecule has 1 amide bonds. The lowest BCUT2D eigenvalue weighted by Crippen LogP contribution is -2.20. The topological polar surface area (TPSA) is 108 Å². The van der Waals surface area contributed by atoms with E-state index in [4.69, 9.17) is 0 Å². The quantitative estimate of drug-likeness (QED) is 0.536. The summed E-state index contributed by atoms with van der Waals surface area (Å²) in [5.74, 6) is -1.06. The van der Waals surface area contributed by atoms with E-state index in [-0.39, 0.29) is 18.2 Å². The van der Waals surface area contributed by atoms with E-state index in [1.54, 1.807) is 29.9 Å². The molecule has 2 aromatic heterocycles. The molecule has 0 unspecified atom stereocenters. The molecule has 0 saturated heterocycles. The lowest BCUT2D eigenvalue weighted by atomic mass is 10.2. The highest BCUT2D eigenvalue weighted by Gasteiger charge is 2.19. The molecule has 134 valence electrons. The summed E-state index contributed by atoms with van der Waals surface area (Å²) in [7, 11) is 0. The van der Waals surface area contributed by atoms with Crippen molar-refractivity contribution in [1.82, 2.24) is 19.6 Å². The Morgan fingerprint density at radius 1 is 1.38 bits per heavy atom.